The van der Waals surface area contributed by atoms with E-state index >= 15 is 0 Å². The highest BCUT2D eigenvalue weighted by Gasteiger charge is 2.51. The molecular formula is C15H26O4. The molecule has 2 aliphatic rings. The molecule has 0 aromatic heterocycles. The van der Waals surface area contributed by atoms with Crippen molar-refractivity contribution in [2.24, 2.45) is 11.8 Å². The second-order valence-corrected chi connectivity index (χ2v) is 6.51. The smallest absolute Gasteiger partial charge is 0.206 e. The number of ether oxygens (including phenoxy) is 1. The number of hydrogen-bond acceptors (Lipinski definition) is 4. The Morgan fingerprint density at radius 1 is 1.32 bits per heavy atom. The number of hydrogen-bond donors (Lipinski definition) is 1. The van der Waals surface area contributed by atoms with Crippen LogP contribution in [0.3, 0.4) is 0 Å². The fourth-order valence-corrected chi connectivity index (χ4v) is 2.80. The summed E-state index contributed by atoms with van der Waals surface area (Å²) in [6.45, 7) is 11.9. The van der Waals surface area contributed by atoms with Gasteiger partial charge in [-0.25, -0.2) is 9.78 Å². The standard InChI is InChI=1S/C15H26O4/c1-6-14(5)8-7-12(17-14)11(4)15(16)9-13(10(2)3)18-19-15/h6,10-13,16H,1,7-9H2,2-5H3/t11-,12-,13+,14-,15+/m0/s1. The van der Waals surface area contributed by atoms with E-state index in [9.17, 15) is 5.11 Å². The van der Waals surface area contributed by atoms with Crippen LogP contribution in [-0.2, 0) is 14.5 Å². The maximum Gasteiger partial charge on any atom is 0.206 e. The molecule has 19 heavy (non-hydrogen) atoms. The van der Waals surface area contributed by atoms with Gasteiger partial charge in [-0.3, -0.25) is 0 Å². The van der Waals surface area contributed by atoms with Gasteiger partial charge in [-0.2, -0.15) is 0 Å². The lowest BCUT2D eigenvalue weighted by atomic mass is 9.87. The van der Waals surface area contributed by atoms with Crippen LogP contribution in [0, 0.1) is 11.8 Å². The van der Waals surface area contributed by atoms with Gasteiger partial charge >= 0.3 is 0 Å². The first kappa shape index (κ1) is 15.0. The Morgan fingerprint density at radius 2 is 2.00 bits per heavy atom. The summed E-state index contributed by atoms with van der Waals surface area (Å²) < 4.78 is 6.02. The molecule has 0 spiro atoms. The highest BCUT2D eigenvalue weighted by atomic mass is 17.2. The second kappa shape index (κ2) is 5.17. The SMILES string of the molecule is C=C[C@@]1(C)CC[C@@H]([C@H](C)[C@@]2(O)C[C@H](C(C)C)OO2)O1. The molecular weight excluding hydrogens is 244 g/mol. The van der Waals surface area contributed by atoms with Gasteiger partial charge in [0.2, 0.25) is 5.79 Å². The van der Waals surface area contributed by atoms with Crippen LogP contribution in [0.2, 0.25) is 0 Å². The van der Waals surface area contributed by atoms with Crippen molar-refractivity contribution >= 4 is 0 Å². The van der Waals surface area contributed by atoms with Crippen LogP contribution in [-0.4, -0.2) is 28.7 Å². The third-order valence-corrected chi connectivity index (χ3v) is 4.60. The topological polar surface area (TPSA) is 47.9 Å². The van der Waals surface area contributed by atoms with Crippen molar-refractivity contribution in [3.63, 3.8) is 0 Å². The maximum atomic E-state index is 10.6. The molecule has 2 heterocycles. The van der Waals surface area contributed by atoms with E-state index in [1.165, 1.54) is 0 Å². The minimum absolute atomic E-state index is 0.0255. The summed E-state index contributed by atoms with van der Waals surface area (Å²) >= 11 is 0. The second-order valence-electron chi connectivity index (χ2n) is 6.51. The van der Waals surface area contributed by atoms with E-state index in [2.05, 4.69) is 20.4 Å². The Labute approximate surface area is 115 Å². The summed E-state index contributed by atoms with van der Waals surface area (Å²) in [5.41, 5.74) is -0.286. The normalized spacial score (nSPS) is 44.7. The third kappa shape index (κ3) is 2.87. The van der Waals surface area contributed by atoms with Gasteiger partial charge in [-0.05, 0) is 25.7 Å². The van der Waals surface area contributed by atoms with Crippen molar-refractivity contribution in [3.8, 4) is 0 Å². The van der Waals surface area contributed by atoms with Gasteiger partial charge in [0.1, 0.15) is 6.10 Å². The summed E-state index contributed by atoms with van der Waals surface area (Å²) in [6.07, 6.45) is 4.09. The maximum absolute atomic E-state index is 10.6. The molecule has 2 saturated heterocycles. The van der Waals surface area contributed by atoms with E-state index in [4.69, 9.17) is 14.5 Å². The van der Waals surface area contributed by atoms with E-state index in [-0.39, 0.29) is 23.7 Å². The Bertz CT molecular complexity index is 343. The zero-order valence-corrected chi connectivity index (χ0v) is 12.4. The van der Waals surface area contributed by atoms with E-state index < -0.39 is 5.79 Å². The predicted molar refractivity (Wildman–Crippen MR) is 72.2 cm³/mol. The lowest BCUT2D eigenvalue weighted by Crippen LogP contribution is -2.43. The molecule has 0 aromatic carbocycles. The van der Waals surface area contributed by atoms with Crippen LogP contribution in [0.25, 0.3) is 0 Å². The zero-order chi connectivity index (χ0) is 14.3. The molecule has 4 heteroatoms. The van der Waals surface area contributed by atoms with E-state index in [0.29, 0.717) is 12.3 Å². The van der Waals surface area contributed by atoms with Gasteiger partial charge < -0.3 is 9.84 Å². The lowest BCUT2D eigenvalue weighted by molar-refractivity contribution is -0.398. The molecule has 0 aliphatic carbocycles. The molecule has 2 aliphatic heterocycles. The average molecular weight is 270 g/mol. The van der Waals surface area contributed by atoms with Crippen LogP contribution >= 0.6 is 0 Å². The quantitative estimate of drug-likeness (QED) is 0.630. The molecule has 4 nitrogen and oxygen atoms in total. The van der Waals surface area contributed by atoms with Gasteiger partial charge in [0.05, 0.1) is 11.7 Å². The van der Waals surface area contributed by atoms with Gasteiger partial charge in [0.25, 0.3) is 0 Å². The zero-order valence-electron chi connectivity index (χ0n) is 12.4. The van der Waals surface area contributed by atoms with Gasteiger partial charge in [0.15, 0.2) is 0 Å². The molecule has 2 fully saturated rings. The molecule has 0 amide bonds. The fraction of sp³-hybridized carbons (Fsp3) is 0.867. The average Bonchev–Trinajstić information content (AvgIpc) is 2.94. The summed E-state index contributed by atoms with van der Waals surface area (Å²) in [4.78, 5) is 10.5. The van der Waals surface area contributed by atoms with Crippen molar-refractivity contribution in [3.05, 3.63) is 12.7 Å². The Kier molecular flexibility index (Phi) is 4.07. The van der Waals surface area contributed by atoms with Gasteiger partial charge in [-0.1, -0.05) is 26.8 Å². The van der Waals surface area contributed by atoms with E-state index in [0.717, 1.165) is 12.8 Å². The first-order chi connectivity index (χ1) is 8.80. The minimum atomic E-state index is -1.24. The minimum Gasteiger partial charge on any atom is -0.368 e. The summed E-state index contributed by atoms with van der Waals surface area (Å²) in [7, 11) is 0. The van der Waals surface area contributed by atoms with Crippen LogP contribution in [0.1, 0.15) is 47.0 Å². The van der Waals surface area contributed by atoms with Gasteiger partial charge in [-0.15, -0.1) is 6.58 Å². The van der Waals surface area contributed by atoms with E-state index in [1.54, 1.807) is 0 Å². The molecule has 0 unspecified atom stereocenters. The number of aliphatic hydroxyl groups is 1. The highest BCUT2D eigenvalue weighted by Crippen LogP contribution is 2.42. The van der Waals surface area contributed by atoms with Crippen LogP contribution < -0.4 is 0 Å². The molecule has 0 saturated carbocycles. The fourth-order valence-electron chi connectivity index (χ4n) is 2.80. The molecule has 1 N–H and O–H groups in total. The van der Waals surface area contributed by atoms with Crippen molar-refractivity contribution in [2.75, 3.05) is 0 Å². The van der Waals surface area contributed by atoms with Gasteiger partial charge in [0, 0.05) is 12.3 Å². The Hall–Kier alpha value is -0.420. The first-order valence-corrected chi connectivity index (χ1v) is 7.18. The van der Waals surface area contributed by atoms with Crippen molar-refractivity contribution in [1.29, 1.82) is 0 Å². The van der Waals surface area contributed by atoms with Crippen molar-refractivity contribution in [1.82, 2.24) is 0 Å². The Balaban J connectivity index is 2.01. The molecule has 0 aromatic rings. The lowest BCUT2D eigenvalue weighted by Gasteiger charge is -2.32. The summed E-state index contributed by atoms with van der Waals surface area (Å²) in [5.74, 6) is -1.05. The first-order valence-electron chi connectivity index (χ1n) is 7.18. The summed E-state index contributed by atoms with van der Waals surface area (Å²) in [5, 5.41) is 10.6. The highest BCUT2D eigenvalue weighted by molar-refractivity contribution is 5.01. The Morgan fingerprint density at radius 3 is 2.47 bits per heavy atom. The van der Waals surface area contributed by atoms with Crippen LogP contribution in [0.15, 0.2) is 12.7 Å². The molecule has 5 atom stereocenters. The number of rotatable bonds is 4. The predicted octanol–water partition coefficient (Wildman–Crippen LogP) is 2.81. The van der Waals surface area contributed by atoms with Crippen LogP contribution in [0.4, 0.5) is 0 Å². The molecule has 110 valence electrons. The summed E-state index contributed by atoms with van der Waals surface area (Å²) in [6, 6.07) is 0. The van der Waals surface area contributed by atoms with Crippen molar-refractivity contribution < 1.29 is 19.6 Å². The molecule has 2 rings (SSSR count). The molecule has 0 bridgehead atoms. The van der Waals surface area contributed by atoms with Crippen molar-refractivity contribution in [2.45, 2.75) is 70.6 Å². The van der Waals surface area contributed by atoms with Crippen LogP contribution in [0.5, 0.6) is 0 Å². The third-order valence-electron chi connectivity index (χ3n) is 4.60. The monoisotopic (exact) mass is 270 g/mol. The largest absolute Gasteiger partial charge is 0.368 e. The van der Waals surface area contributed by atoms with E-state index in [1.807, 2.05) is 19.9 Å². The molecule has 0 radical (unpaired) electrons.